The predicted octanol–water partition coefficient (Wildman–Crippen LogP) is 1.61. The van der Waals surface area contributed by atoms with E-state index in [2.05, 4.69) is 41.5 Å². The maximum Gasteiger partial charge on any atom is 0.239 e. The SMILES string of the molecule is CCC(Nc1ccnc(NN)n1)C(C)C. The van der Waals surface area contributed by atoms with Gasteiger partial charge in [-0.05, 0) is 18.4 Å². The summed E-state index contributed by atoms with van der Waals surface area (Å²) in [6.07, 6.45) is 2.74. The number of rotatable bonds is 5. The lowest BCUT2D eigenvalue weighted by atomic mass is 10.0. The molecule has 5 nitrogen and oxygen atoms in total. The first-order chi connectivity index (χ1) is 7.17. The van der Waals surface area contributed by atoms with Gasteiger partial charge >= 0.3 is 0 Å². The molecule has 0 fully saturated rings. The van der Waals surface area contributed by atoms with E-state index in [1.54, 1.807) is 6.20 Å². The first-order valence-electron chi connectivity index (χ1n) is 5.23. The van der Waals surface area contributed by atoms with Gasteiger partial charge in [-0.3, -0.25) is 5.43 Å². The van der Waals surface area contributed by atoms with Gasteiger partial charge in [0.25, 0.3) is 0 Å². The summed E-state index contributed by atoms with van der Waals surface area (Å²) in [5.41, 5.74) is 2.43. The maximum absolute atomic E-state index is 5.24. The number of hydrogen-bond acceptors (Lipinski definition) is 5. The molecular formula is C10H19N5. The molecule has 84 valence electrons. The molecular weight excluding hydrogens is 190 g/mol. The van der Waals surface area contributed by atoms with E-state index >= 15 is 0 Å². The summed E-state index contributed by atoms with van der Waals surface area (Å²) in [4.78, 5) is 8.15. The molecule has 1 aromatic heterocycles. The third-order valence-corrected chi connectivity index (χ3v) is 2.36. The average molecular weight is 209 g/mol. The number of nitrogens with two attached hydrogens (primary N) is 1. The van der Waals surface area contributed by atoms with E-state index in [-0.39, 0.29) is 0 Å². The van der Waals surface area contributed by atoms with Gasteiger partial charge < -0.3 is 5.32 Å². The Morgan fingerprint density at radius 3 is 2.73 bits per heavy atom. The summed E-state index contributed by atoms with van der Waals surface area (Å²) in [7, 11) is 0. The van der Waals surface area contributed by atoms with Crippen molar-refractivity contribution in [2.24, 2.45) is 11.8 Å². The molecule has 0 aliphatic heterocycles. The third kappa shape index (κ3) is 3.36. The summed E-state index contributed by atoms with van der Waals surface area (Å²) in [6, 6.07) is 2.26. The fraction of sp³-hybridized carbons (Fsp3) is 0.600. The highest BCUT2D eigenvalue weighted by Crippen LogP contribution is 2.13. The van der Waals surface area contributed by atoms with Gasteiger partial charge in [-0.1, -0.05) is 20.8 Å². The number of anilines is 2. The minimum atomic E-state index is 0.422. The summed E-state index contributed by atoms with van der Waals surface area (Å²) < 4.78 is 0. The van der Waals surface area contributed by atoms with Gasteiger partial charge in [0.05, 0.1) is 0 Å². The highest BCUT2D eigenvalue weighted by Gasteiger charge is 2.11. The summed E-state index contributed by atoms with van der Waals surface area (Å²) >= 11 is 0. The molecule has 0 amide bonds. The van der Waals surface area contributed by atoms with Crippen molar-refractivity contribution in [1.82, 2.24) is 9.97 Å². The van der Waals surface area contributed by atoms with Crippen molar-refractivity contribution in [3.8, 4) is 0 Å². The smallest absolute Gasteiger partial charge is 0.239 e. The number of aromatic nitrogens is 2. The van der Waals surface area contributed by atoms with Gasteiger partial charge in [-0.2, -0.15) is 4.98 Å². The van der Waals surface area contributed by atoms with Gasteiger partial charge in [0.2, 0.25) is 5.95 Å². The second-order valence-electron chi connectivity index (χ2n) is 3.81. The Kier molecular flexibility index (Phi) is 4.30. The van der Waals surface area contributed by atoms with E-state index in [4.69, 9.17) is 5.84 Å². The van der Waals surface area contributed by atoms with Crippen LogP contribution in [0.15, 0.2) is 12.3 Å². The second kappa shape index (κ2) is 5.50. The summed E-state index contributed by atoms with van der Waals surface area (Å²) in [5.74, 6) is 7.04. The van der Waals surface area contributed by atoms with E-state index in [1.165, 1.54) is 0 Å². The van der Waals surface area contributed by atoms with Crippen LogP contribution in [0.4, 0.5) is 11.8 Å². The molecule has 1 heterocycles. The number of hydrogen-bond donors (Lipinski definition) is 3. The third-order valence-electron chi connectivity index (χ3n) is 2.36. The zero-order valence-electron chi connectivity index (χ0n) is 9.49. The van der Waals surface area contributed by atoms with Gasteiger partial charge in [0, 0.05) is 12.2 Å². The molecule has 0 aliphatic rings. The molecule has 1 atom stereocenters. The molecule has 1 aromatic rings. The Balaban J connectivity index is 2.70. The van der Waals surface area contributed by atoms with E-state index in [0.29, 0.717) is 17.9 Å². The molecule has 1 unspecified atom stereocenters. The minimum absolute atomic E-state index is 0.422. The number of nitrogens with one attached hydrogen (secondary N) is 2. The van der Waals surface area contributed by atoms with Crippen LogP contribution in [0.1, 0.15) is 27.2 Å². The van der Waals surface area contributed by atoms with Crippen LogP contribution >= 0.6 is 0 Å². The van der Waals surface area contributed by atoms with E-state index in [9.17, 15) is 0 Å². The number of nitrogen functional groups attached to an aromatic ring is 1. The summed E-state index contributed by atoms with van der Waals surface area (Å²) in [5, 5.41) is 3.36. The lowest BCUT2D eigenvalue weighted by molar-refractivity contribution is 0.510. The monoisotopic (exact) mass is 209 g/mol. The molecule has 4 N–H and O–H groups in total. The molecule has 1 rings (SSSR count). The van der Waals surface area contributed by atoms with E-state index < -0.39 is 0 Å². The zero-order valence-corrected chi connectivity index (χ0v) is 9.49. The molecule has 0 aromatic carbocycles. The Hall–Kier alpha value is -1.36. The Morgan fingerprint density at radius 1 is 1.47 bits per heavy atom. The maximum atomic E-state index is 5.24. The van der Waals surface area contributed by atoms with Crippen LogP contribution in [0.2, 0.25) is 0 Å². The van der Waals surface area contributed by atoms with Gasteiger partial charge in [-0.15, -0.1) is 0 Å². The molecule has 5 heteroatoms. The number of nitrogens with zero attached hydrogens (tertiary/aromatic N) is 2. The lowest BCUT2D eigenvalue weighted by Gasteiger charge is -2.21. The van der Waals surface area contributed by atoms with Crippen molar-refractivity contribution in [3.63, 3.8) is 0 Å². The highest BCUT2D eigenvalue weighted by molar-refractivity contribution is 5.39. The molecule has 0 bridgehead atoms. The lowest BCUT2D eigenvalue weighted by Crippen LogP contribution is -2.25. The van der Waals surface area contributed by atoms with Crippen molar-refractivity contribution in [2.45, 2.75) is 33.2 Å². The van der Waals surface area contributed by atoms with E-state index in [1.807, 2.05) is 6.07 Å². The van der Waals surface area contributed by atoms with Crippen molar-refractivity contribution < 1.29 is 0 Å². The zero-order chi connectivity index (χ0) is 11.3. The molecule has 0 spiro atoms. The molecule has 0 saturated heterocycles. The minimum Gasteiger partial charge on any atom is -0.367 e. The van der Waals surface area contributed by atoms with Crippen LogP contribution in [0.3, 0.4) is 0 Å². The fourth-order valence-electron chi connectivity index (χ4n) is 1.44. The van der Waals surface area contributed by atoms with Crippen LogP contribution in [0.25, 0.3) is 0 Å². The molecule has 15 heavy (non-hydrogen) atoms. The van der Waals surface area contributed by atoms with Crippen LogP contribution in [0.5, 0.6) is 0 Å². The van der Waals surface area contributed by atoms with Crippen molar-refractivity contribution in [1.29, 1.82) is 0 Å². The molecule has 0 radical (unpaired) electrons. The molecule has 0 aliphatic carbocycles. The Bertz CT molecular complexity index is 300. The molecule has 0 saturated carbocycles. The quantitative estimate of drug-likeness (QED) is 0.507. The van der Waals surface area contributed by atoms with Crippen molar-refractivity contribution in [3.05, 3.63) is 12.3 Å². The topological polar surface area (TPSA) is 75.9 Å². The Labute approximate surface area is 90.5 Å². The first-order valence-corrected chi connectivity index (χ1v) is 5.23. The predicted molar refractivity (Wildman–Crippen MR) is 62.4 cm³/mol. The largest absolute Gasteiger partial charge is 0.367 e. The average Bonchev–Trinajstić information content (AvgIpc) is 2.25. The normalized spacial score (nSPS) is 12.6. The number of hydrazine groups is 1. The van der Waals surface area contributed by atoms with Crippen LogP contribution in [-0.4, -0.2) is 16.0 Å². The van der Waals surface area contributed by atoms with Crippen molar-refractivity contribution in [2.75, 3.05) is 10.7 Å². The standard InChI is InChI=1S/C10H19N5/c1-4-8(7(2)3)13-9-5-6-12-10(14-9)15-11/h5-8H,4,11H2,1-3H3,(H2,12,13,14,15). The fourth-order valence-corrected chi connectivity index (χ4v) is 1.44. The van der Waals surface area contributed by atoms with Crippen LogP contribution in [-0.2, 0) is 0 Å². The van der Waals surface area contributed by atoms with E-state index in [0.717, 1.165) is 12.2 Å². The van der Waals surface area contributed by atoms with Crippen LogP contribution < -0.4 is 16.6 Å². The van der Waals surface area contributed by atoms with Crippen molar-refractivity contribution >= 4 is 11.8 Å². The summed E-state index contributed by atoms with van der Waals surface area (Å²) in [6.45, 7) is 6.52. The van der Waals surface area contributed by atoms with Gasteiger partial charge in [0.1, 0.15) is 5.82 Å². The first kappa shape index (κ1) is 11.7. The highest BCUT2D eigenvalue weighted by atomic mass is 15.3. The van der Waals surface area contributed by atoms with Gasteiger partial charge in [0.15, 0.2) is 0 Å². The van der Waals surface area contributed by atoms with Gasteiger partial charge in [-0.25, -0.2) is 10.8 Å². The second-order valence-corrected chi connectivity index (χ2v) is 3.81. The Morgan fingerprint density at radius 2 is 2.20 bits per heavy atom. The van der Waals surface area contributed by atoms with Crippen LogP contribution in [0, 0.1) is 5.92 Å².